The molecule has 0 radical (unpaired) electrons. The molecule has 1 fully saturated rings. The lowest BCUT2D eigenvalue weighted by Gasteiger charge is -2.28. The number of hydrogen-bond acceptors (Lipinski definition) is 9. The topological polar surface area (TPSA) is 125 Å². The molecule has 9 nitrogen and oxygen atoms in total. The number of carbonyl (C=O) groups is 4. The van der Waals surface area contributed by atoms with Gasteiger partial charge >= 0.3 is 23.9 Å². The number of fused-ring (bicyclic) bond motifs is 1. The molecule has 1 N–H and O–H groups in total. The van der Waals surface area contributed by atoms with E-state index in [1.807, 2.05) is 13.0 Å². The van der Waals surface area contributed by atoms with Gasteiger partial charge in [0, 0.05) is 25.8 Å². The van der Waals surface area contributed by atoms with E-state index in [2.05, 4.69) is 13.2 Å². The molecule has 180 valence electrons. The van der Waals surface area contributed by atoms with E-state index in [0.717, 1.165) is 11.1 Å². The smallest absolute Gasteiger partial charge is 0.336 e. The Labute approximate surface area is 192 Å². The molecule has 1 heterocycles. The molecule has 33 heavy (non-hydrogen) atoms. The minimum absolute atomic E-state index is 0.0546. The summed E-state index contributed by atoms with van der Waals surface area (Å²) in [5.74, 6) is -3.22. The first kappa shape index (κ1) is 26.1. The average molecular weight is 462 g/mol. The molecule has 1 aliphatic carbocycles. The van der Waals surface area contributed by atoms with Gasteiger partial charge in [-0.15, -0.1) is 0 Å². The van der Waals surface area contributed by atoms with Crippen LogP contribution in [0.3, 0.4) is 0 Å². The number of hydrogen-bond donors (Lipinski definition) is 1. The van der Waals surface area contributed by atoms with Gasteiger partial charge in [-0.1, -0.05) is 24.8 Å². The van der Waals surface area contributed by atoms with E-state index in [0.29, 0.717) is 19.3 Å². The van der Waals surface area contributed by atoms with Crippen molar-refractivity contribution >= 4 is 23.9 Å². The second-order valence-electron chi connectivity index (χ2n) is 8.11. The normalized spacial score (nSPS) is 23.8. The molecule has 0 aromatic heterocycles. The highest BCUT2D eigenvalue weighted by molar-refractivity contribution is 5.92. The summed E-state index contributed by atoms with van der Waals surface area (Å²) >= 11 is 0. The summed E-state index contributed by atoms with van der Waals surface area (Å²) in [4.78, 5) is 47.2. The van der Waals surface area contributed by atoms with E-state index < -0.39 is 54.7 Å². The van der Waals surface area contributed by atoms with Gasteiger partial charge in [-0.3, -0.25) is 9.59 Å². The van der Waals surface area contributed by atoms with Gasteiger partial charge in [0.05, 0.1) is 11.5 Å². The monoisotopic (exact) mass is 462 g/mol. The molecule has 0 bridgehead atoms. The second-order valence-corrected chi connectivity index (χ2v) is 8.11. The van der Waals surface area contributed by atoms with E-state index in [1.54, 1.807) is 6.08 Å². The van der Waals surface area contributed by atoms with Crippen molar-refractivity contribution in [1.82, 2.24) is 0 Å². The van der Waals surface area contributed by atoms with Crippen LogP contribution in [0.25, 0.3) is 0 Å². The highest BCUT2D eigenvalue weighted by Gasteiger charge is 2.44. The highest BCUT2D eigenvalue weighted by Crippen LogP contribution is 2.36. The first-order valence-electron chi connectivity index (χ1n) is 10.6. The Morgan fingerprint density at radius 1 is 1.24 bits per heavy atom. The summed E-state index contributed by atoms with van der Waals surface area (Å²) in [7, 11) is 0. The van der Waals surface area contributed by atoms with Crippen LogP contribution in [0.1, 0.15) is 40.0 Å². The van der Waals surface area contributed by atoms with Crippen molar-refractivity contribution in [3.05, 3.63) is 47.6 Å². The third-order valence-electron chi connectivity index (χ3n) is 5.37. The van der Waals surface area contributed by atoms with E-state index in [-0.39, 0.29) is 17.8 Å². The fraction of sp³-hybridized carbons (Fsp3) is 0.500. The largest absolute Gasteiger partial charge is 0.463 e. The van der Waals surface area contributed by atoms with Gasteiger partial charge in [-0.2, -0.15) is 0 Å². The van der Waals surface area contributed by atoms with E-state index >= 15 is 0 Å². The first-order valence-corrected chi connectivity index (χ1v) is 10.6. The van der Waals surface area contributed by atoms with E-state index in [4.69, 9.17) is 18.9 Å². The van der Waals surface area contributed by atoms with Gasteiger partial charge < -0.3 is 24.1 Å². The molecule has 0 aromatic rings. The fourth-order valence-corrected chi connectivity index (χ4v) is 3.60. The SMILES string of the molecule is C=C(C(=O)OC1CC(C)=CCCC(COC(C)=O)=CC2OC(=O)C(=C)C21)C(O)COC(C)=O. The molecule has 4 unspecified atom stereocenters. The molecule has 2 rings (SSSR count). The predicted octanol–water partition coefficient (Wildman–Crippen LogP) is 2.10. The van der Waals surface area contributed by atoms with Crippen LogP contribution in [0.2, 0.25) is 0 Å². The van der Waals surface area contributed by atoms with Crippen molar-refractivity contribution in [2.45, 2.75) is 58.3 Å². The zero-order chi connectivity index (χ0) is 24.7. The summed E-state index contributed by atoms with van der Waals surface area (Å²) in [5, 5.41) is 10.1. The molecule has 0 aromatic carbocycles. The van der Waals surface area contributed by atoms with Gasteiger partial charge in [-0.25, -0.2) is 9.59 Å². The lowest BCUT2D eigenvalue weighted by atomic mass is 9.85. The van der Waals surface area contributed by atoms with E-state index in [1.165, 1.54) is 13.8 Å². The zero-order valence-corrected chi connectivity index (χ0v) is 19.1. The Balaban J connectivity index is 2.29. The van der Waals surface area contributed by atoms with Crippen LogP contribution in [-0.2, 0) is 38.1 Å². The molecular formula is C24H30O9. The zero-order valence-electron chi connectivity index (χ0n) is 19.1. The summed E-state index contributed by atoms with van der Waals surface area (Å²) in [6.07, 6.45) is 2.22. The molecule has 4 atom stereocenters. The molecule has 0 amide bonds. The van der Waals surface area contributed by atoms with Crippen LogP contribution in [0, 0.1) is 5.92 Å². The van der Waals surface area contributed by atoms with Crippen molar-refractivity contribution in [1.29, 1.82) is 0 Å². The Hall–Kier alpha value is -3.20. The molecule has 1 aliphatic heterocycles. The lowest BCUT2D eigenvalue weighted by Crippen LogP contribution is -2.35. The maximum atomic E-state index is 12.7. The number of aliphatic hydroxyl groups excluding tert-OH is 1. The lowest BCUT2D eigenvalue weighted by molar-refractivity contribution is -0.151. The molecule has 2 aliphatic rings. The summed E-state index contributed by atoms with van der Waals surface area (Å²) in [6, 6.07) is 0. The Morgan fingerprint density at radius 2 is 1.91 bits per heavy atom. The maximum Gasteiger partial charge on any atom is 0.336 e. The third kappa shape index (κ3) is 7.42. The number of esters is 4. The van der Waals surface area contributed by atoms with Crippen LogP contribution in [0.5, 0.6) is 0 Å². The van der Waals surface area contributed by atoms with Crippen molar-refractivity contribution < 1.29 is 43.2 Å². The van der Waals surface area contributed by atoms with Gasteiger partial charge in [0.1, 0.15) is 31.5 Å². The van der Waals surface area contributed by atoms with Crippen LogP contribution in [0.15, 0.2) is 47.6 Å². The minimum atomic E-state index is -1.44. The average Bonchev–Trinajstić information content (AvgIpc) is 3.01. The first-order chi connectivity index (χ1) is 15.5. The number of aliphatic hydroxyl groups is 1. The number of allylic oxidation sites excluding steroid dienone is 1. The quantitative estimate of drug-likeness (QED) is 0.262. The fourth-order valence-electron chi connectivity index (χ4n) is 3.60. The van der Waals surface area contributed by atoms with Crippen molar-refractivity contribution in [3.8, 4) is 0 Å². The van der Waals surface area contributed by atoms with Crippen LogP contribution >= 0.6 is 0 Å². The summed E-state index contributed by atoms with van der Waals surface area (Å²) in [5.41, 5.74) is 1.55. The van der Waals surface area contributed by atoms with Crippen LogP contribution in [-0.4, -0.2) is 60.5 Å². The Kier molecular flexibility index (Phi) is 9.16. The molecule has 1 saturated heterocycles. The number of carbonyl (C=O) groups excluding carboxylic acids is 4. The predicted molar refractivity (Wildman–Crippen MR) is 116 cm³/mol. The van der Waals surface area contributed by atoms with Gasteiger partial charge in [0.25, 0.3) is 0 Å². The van der Waals surface area contributed by atoms with Crippen molar-refractivity contribution in [2.24, 2.45) is 5.92 Å². The summed E-state index contributed by atoms with van der Waals surface area (Å²) in [6.45, 7) is 11.4. The van der Waals surface area contributed by atoms with Crippen molar-refractivity contribution in [3.63, 3.8) is 0 Å². The van der Waals surface area contributed by atoms with Crippen molar-refractivity contribution in [2.75, 3.05) is 13.2 Å². The molecule has 9 heteroatoms. The van der Waals surface area contributed by atoms with Gasteiger partial charge in [-0.05, 0) is 31.4 Å². The highest BCUT2D eigenvalue weighted by atomic mass is 16.6. The maximum absolute atomic E-state index is 12.7. The third-order valence-corrected chi connectivity index (χ3v) is 5.37. The molecular weight excluding hydrogens is 432 g/mol. The van der Waals surface area contributed by atoms with Gasteiger partial charge in [0.2, 0.25) is 0 Å². The Morgan fingerprint density at radius 3 is 2.55 bits per heavy atom. The van der Waals surface area contributed by atoms with Crippen LogP contribution < -0.4 is 0 Å². The molecule has 0 saturated carbocycles. The second kappa shape index (κ2) is 11.6. The number of ether oxygens (including phenoxy) is 4. The minimum Gasteiger partial charge on any atom is -0.463 e. The van der Waals surface area contributed by atoms with Gasteiger partial charge in [0.15, 0.2) is 0 Å². The molecule has 0 spiro atoms. The standard InChI is InChI=1S/C24H30O9/c1-13-7-6-8-18(11-30-16(4)25)10-21-22(15(3)24(29)33-21)20(9-13)32-23(28)14(2)19(27)12-31-17(5)26/h7,10,19-22,27H,2-3,6,8-9,11-12H2,1,4-5H3. The van der Waals surface area contributed by atoms with Crippen LogP contribution in [0.4, 0.5) is 0 Å². The summed E-state index contributed by atoms with van der Waals surface area (Å²) < 4.78 is 21.0. The van der Waals surface area contributed by atoms with E-state index in [9.17, 15) is 24.3 Å². The Bertz CT molecular complexity index is 896. The number of rotatable bonds is 7.